The Morgan fingerprint density at radius 2 is 2.00 bits per heavy atom. The van der Waals surface area contributed by atoms with Gasteiger partial charge in [0.05, 0.1) is 18.8 Å². The Hall–Kier alpha value is -2.69. The molecule has 38 heavy (non-hydrogen) atoms. The summed E-state index contributed by atoms with van der Waals surface area (Å²) >= 11 is 1.59. The highest BCUT2D eigenvalue weighted by Crippen LogP contribution is 2.20. The average molecular weight is 547 g/mol. The largest absolute Gasteiger partial charge is 0.493 e. The minimum atomic E-state index is -0.971. The van der Waals surface area contributed by atoms with Gasteiger partial charge in [-0.3, -0.25) is 14.6 Å². The molecule has 1 aromatic heterocycles. The van der Waals surface area contributed by atoms with E-state index in [9.17, 15) is 19.1 Å². The van der Waals surface area contributed by atoms with Crippen LogP contribution in [0.5, 0.6) is 5.75 Å². The molecule has 1 aromatic carbocycles. The van der Waals surface area contributed by atoms with E-state index in [1.54, 1.807) is 24.0 Å². The van der Waals surface area contributed by atoms with Crippen molar-refractivity contribution in [2.24, 2.45) is 0 Å². The SMILES string of the molecule is CCc1cncc(CNC[C@@H](O)[C@@H]2Cc3cc(F)cc(c3)OCCCCC(=O)N[C@@H](CCSC)C(=O)N2)c1. The van der Waals surface area contributed by atoms with E-state index in [1.165, 1.54) is 12.1 Å². The standard InChI is InChI=1S/C28H39FN4O4S/c1-3-19-10-21(16-30-15-19)17-31-18-26(34)25-13-20-11-22(29)14-23(12-20)37-8-5-4-6-27(35)32-24(7-9-38-2)28(36)33-25/h10-12,14-16,24-26,31,34H,3-9,13,17-18H2,1-2H3,(H,32,35)(H,33,36)/t24-,25-,26+/m0/s1. The summed E-state index contributed by atoms with van der Waals surface area (Å²) in [5.74, 6) is 0.0724. The van der Waals surface area contributed by atoms with Gasteiger partial charge in [0.1, 0.15) is 17.6 Å². The first-order valence-electron chi connectivity index (χ1n) is 13.2. The number of pyridine rings is 1. The predicted octanol–water partition coefficient (Wildman–Crippen LogP) is 2.76. The summed E-state index contributed by atoms with van der Waals surface area (Å²) in [7, 11) is 0. The maximum absolute atomic E-state index is 14.4. The van der Waals surface area contributed by atoms with Gasteiger partial charge in [-0.05, 0) is 72.9 Å². The van der Waals surface area contributed by atoms with Crippen LogP contribution in [0.25, 0.3) is 0 Å². The van der Waals surface area contributed by atoms with Gasteiger partial charge in [-0.15, -0.1) is 0 Å². The van der Waals surface area contributed by atoms with Crippen molar-refractivity contribution in [3.05, 3.63) is 59.2 Å². The fourth-order valence-electron chi connectivity index (χ4n) is 4.33. The highest BCUT2D eigenvalue weighted by atomic mass is 32.2. The van der Waals surface area contributed by atoms with Gasteiger partial charge in [-0.25, -0.2) is 4.39 Å². The number of carbonyl (C=O) groups excluding carboxylic acids is 2. The summed E-state index contributed by atoms with van der Waals surface area (Å²) in [5, 5.41) is 20.1. The Kier molecular flexibility index (Phi) is 12.3. The molecule has 8 nitrogen and oxygen atoms in total. The molecule has 0 aliphatic carbocycles. The highest BCUT2D eigenvalue weighted by Gasteiger charge is 2.27. The minimum Gasteiger partial charge on any atom is -0.493 e. The molecular formula is C28H39FN4O4S. The molecule has 0 saturated heterocycles. The van der Waals surface area contributed by atoms with Gasteiger partial charge in [0.15, 0.2) is 0 Å². The lowest BCUT2D eigenvalue weighted by Gasteiger charge is -2.27. The van der Waals surface area contributed by atoms with Crippen molar-refractivity contribution >= 4 is 23.6 Å². The van der Waals surface area contributed by atoms with Crippen LogP contribution in [0.4, 0.5) is 4.39 Å². The number of benzene rings is 1. The van der Waals surface area contributed by atoms with E-state index in [0.29, 0.717) is 49.5 Å². The van der Waals surface area contributed by atoms with E-state index in [1.807, 2.05) is 12.5 Å². The van der Waals surface area contributed by atoms with Gasteiger partial charge in [0, 0.05) is 38.0 Å². The number of aliphatic hydroxyl groups excluding tert-OH is 1. The number of ether oxygens (including phenoxy) is 1. The number of hydrogen-bond acceptors (Lipinski definition) is 7. The number of aliphatic hydroxyl groups is 1. The molecule has 0 radical (unpaired) electrons. The number of nitrogens with one attached hydrogen (secondary N) is 3. The number of carbonyl (C=O) groups is 2. The van der Waals surface area contributed by atoms with Gasteiger partial charge in [0.2, 0.25) is 11.8 Å². The first-order chi connectivity index (χ1) is 18.4. The molecule has 1 aliphatic heterocycles. The van der Waals surface area contributed by atoms with Crippen molar-refractivity contribution in [3.8, 4) is 5.75 Å². The fraction of sp³-hybridized carbons (Fsp3) is 0.536. The topological polar surface area (TPSA) is 113 Å². The molecule has 1 aliphatic rings. The zero-order valence-corrected chi connectivity index (χ0v) is 23.0. The lowest BCUT2D eigenvalue weighted by Crippen LogP contribution is -2.55. The molecule has 0 saturated carbocycles. The van der Waals surface area contributed by atoms with Gasteiger partial charge in [-0.2, -0.15) is 11.8 Å². The van der Waals surface area contributed by atoms with Crippen molar-refractivity contribution in [2.45, 2.75) is 70.2 Å². The molecule has 208 valence electrons. The molecule has 4 N–H and O–H groups in total. The number of rotatable bonds is 9. The zero-order valence-electron chi connectivity index (χ0n) is 22.2. The van der Waals surface area contributed by atoms with Crippen LogP contribution < -0.4 is 20.7 Å². The summed E-state index contributed by atoms with van der Waals surface area (Å²) < 4.78 is 20.1. The minimum absolute atomic E-state index is 0.193. The van der Waals surface area contributed by atoms with Crippen LogP contribution in [-0.2, 0) is 29.0 Å². The number of amides is 2. The molecule has 2 aromatic rings. The molecule has 3 rings (SSSR count). The third kappa shape index (κ3) is 9.89. The fourth-order valence-corrected chi connectivity index (χ4v) is 4.80. The summed E-state index contributed by atoms with van der Waals surface area (Å²) in [6.07, 6.45) is 7.60. The lowest BCUT2D eigenvalue weighted by molar-refractivity contribution is -0.130. The summed E-state index contributed by atoms with van der Waals surface area (Å²) in [6.45, 7) is 3.12. The van der Waals surface area contributed by atoms with E-state index in [2.05, 4.69) is 33.9 Å². The zero-order chi connectivity index (χ0) is 27.3. The number of hydrogen-bond donors (Lipinski definition) is 4. The predicted molar refractivity (Wildman–Crippen MR) is 148 cm³/mol. The number of nitrogens with zero attached hydrogens (tertiary/aromatic N) is 1. The molecule has 10 heteroatoms. The number of aromatic nitrogens is 1. The van der Waals surface area contributed by atoms with Crippen molar-refractivity contribution in [1.29, 1.82) is 0 Å². The van der Waals surface area contributed by atoms with E-state index < -0.39 is 24.0 Å². The second kappa shape index (κ2) is 15.7. The van der Waals surface area contributed by atoms with Crippen LogP contribution in [-0.4, -0.2) is 65.3 Å². The maximum atomic E-state index is 14.4. The third-order valence-electron chi connectivity index (χ3n) is 6.45. The van der Waals surface area contributed by atoms with Crippen LogP contribution in [0.1, 0.15) is 49.3 Å². The van der Waals surface area contributed by atoms with Crippen molar-refractivity contribution in [2.75, 3.05) is 25.2 Å². The Bertz CT molecular complexity index is 1060. The average Bonchev–Trinajstić information content (AvgIpc) is 2.90. The molecule has 2 bridgehead atoms. The van der Waals surface area contributed by atoms with Crippen LogP contribution >= 0.6 is 11.8 Å². The van der Waals surface area contributed by atoms with Gasteiger partial charge in [0.25, 0.3) is 0 Å². The first-order valence-corrected chi connectivity index (χ1v) is 14.6. The van der Waals surface area contributed by atoms with E-state index in [4.69, 9.17) is 4.74 Å². The Morgan fingerprint density at radius 3 is 2.79 bits per heavy atom. The molecule has 2 amide bonds. The Balaban J connectivity index is 1.78. The van der Waals surface area contributed by atoms with Crippen molar-refractivity contribution in [3.63, 3.8) is 0 Å². The monoisotopic (exact) mass is 546 g/mol. The van der Waals surface area contributed by atoms with Crippen LogP contribution in [0.15, 0.2) is 36.7 Å². The number of thioether (sulfide) groups is 1. The third-order valence-corrected chi connectivity index (χ3v) is 7.09. The number of fused-ring (bicyclic) bond motifs is 2. The van der Waals surface area contributed by atoms with Gasteiger partial charge in [-0.1, -0.05) is 13.0 Å². The second-order valence-electron chi connectivity index (χ2n) is 9.57. The number of halogens is 1. The molecule has 0 fully saturated rings. The van der Waals surface area contributed by atoms with E-state index in [-0.39, 0.29) is 31.2 Å². The highest BCUT2D eigenvalue weighted by molar-refractivity contribution is 7.98. The Labute approximate surface area is 228 Å². The molecule has 3 atom stereocenters. The quantitative estimate of drug-likeness (QED) is 0.383. The Morgan fingerprint density at radius 1 is 1.18 bits per heavy atom. The molecular weight excluding hydrogens is 507 g/mol. The summed E-state index contributed by atoms with van der Waals surface area (Å²) in [4.78, 5) is 30.1. The van der Waals surface area contributed by atoms with Crippen LogP contribution in [0.3, 0.4) is 0 Å². The molecule has 0 unspecified atom stereocenters. The summed E-state index contributed by atoms with van der Waals surface area (Å²) in [6, 6.07) is 5.06. The maximum Gasteiger partial charge on any atom is 0.242 e. The van der Waals surface area contributed by atoms with Crippen LogP contribution in [0.2, 0.25) is 0 Å². The second-order valence-corrected chi connectivity index (χ2v) is 10.6. The van der Waals surface area contributed by atoms with Gasteiger partial charge < -0.3 is 25.8 Å². The number of aryl methyl sites for hydroxylation is 1. The van der Waals surface area contributed by atoms with E-state index >= 15 is 0 Å². The molecule has 2 heterocycles. The normalized spacial score (nSPS) is 19.9. The van der Waals surface area contributed by atoms with Crippen LogP contribution in [0, 0.1) is 5.82 Å². The smallest absolute Gasteiger partial charge is 0.242 e. The first kappa shape index (κ1) is 29.9. The van der Waals surface area contributed by atoms with Crippen molar-refractivity contribution in [1.82, 2.24) is 20.9 Å². The molecule has 0 spiro atoms. The van der Waals surface area contributed by atoms with E-state index in [0.717, 1.165) is 17.5 Å². The van der Waals surface area contributed by atoms with Crippen molar-refractivity contribution < 1.29 is 23.8 Å². The lowest BCUT2D eigenvalue weighted by atomic mass is 9.99. The summed E-state index contributed by atoms with van der Waals surface area (Å²) in [5.41, 5.74) is 2.72. The van der Waals surface area contributed by atoms with Gasteiger partial charge >= 0.3 is 0 Å².